The number of pyridine rings is 1. The number of ether oxygens (including phenoxy) is 2. The highest BCUT2D eigenvalue weighted by Gasteiger charge is 2.22. The first-order valence-corrected chi connectivity index (χ1v) is 11.4. The maximum absolute atomic E-state index is 12.8. The number of hydrogen-bond donors (Lipinski definition) is 2. The molecule has 3 aromatic rings. The Morgan fingerprint density at radius 3 is 2.75 bits per heavy atom. The van der Waals surface area contributed by atoms with E-state index in [9.17, 15) is 4.79 Å². The fourth-order valence-electron chi connectivity index (χ4n) is 3.97. The van der Waals surface area contributed by atoms with E-state index in [1.54, 1.807) is 7.11 Å². The number of fused-ring (bicyclic) bond motifs is 1. The van der Waals surface area contributed by atoms with Crippen LogP contribution in [-0.2, 0) is 17.7 Å². The number of aromatic nitrogens is 1. The second kappa shape index (κ2) is 10.1. The van der Waals surface area contributed by atoms with Crippen molar-refractivity contribution in [2.75, 3.05) is 25.6 Å². The van der Waals surface area contributed by atoms with Crippen LogP contribution in [-0.4, -0.2) is 41.4 Å². The lowest BCUT2D eigenvalue weighted by molar-refractivity contribution is 0.0904. The molecule has 0 saturated carbocycles. The van der Waals surface area contributed by atoms with E-state index < -0.39 is 0 Å². The number of H-pyrrole nitrogens is 1. The maximum atomic E-state index is 12.8. The van der Waals surface area contributed by atoms with Gasteiger partial charge in [-0.05, 0) is 84.9 Å². The van der Waals surface area contributed by atoms with Crippen LogP contribution in [0.1, 0.15) is 30.9 Å². The fraction of sp³-hybridized carbons (Fsp3) is 0.360. The molecule has 7 heteroatoms. The normalized spacial score (nSPS) is 15.6. The molecule has 32 heavy (non-hydrogen) atoms. The fourth-order valence-corrected chi connectivity index (χ4v) is 4.23. The Morgan fingerprint density at radius 2 is 2.06 bits per heavy atom. The van der Waals surface area contributed by atoms with Crippen molar-refractivity contribution in [1.29, 1.82) is 0 Å². The van der Waals surface area contributed by atoms with Gasteiger partial charge in [-0.2, -0.15) is 0 Å². The zero-order valence-electron chi connectivity index (χ0n) is 18.5. The van der Waals surface area contributed by atoms with Crippen molar-refractivity contribution in [3.63, 3.8) is 0 Å². The Balaban J connectivity index is 1.58. The summed E-state index contributed by atoms with van der Waals surface area (Å²) in [6.07, 6.45) is 3.10. The first kappa shape index (κ1) is 22.3. The summed E-state index contributed by atoms with van der Waals surface area (Å²) in [5, 5.41) is 4.89. The second-order valence-corrected chi connectivity index (χ2v) is 8.46. The third kappa shape index (κ3) is 5.29. The van der Waals surface area contributed by atoms with Gasteiger partial charge in [0.25, 0.3) is 5.56 Å². The zero-order chi connectivity index (χ0) is 22.5. The van der Waals surface area contributed by atoms with Crippen molar-refractivity contribution < 1.29 is 9.47 Å². The second-order valence-electron chi connectivity index (χ2n) is 8.07. The lowest BCUT2D eigenvalue weighted by Gasteiger charge is -2.28. The van der Waals surface area contributed by atoms with Crippen LogP contribution in [0.2, 0.25) is 0 Å². The molecule has 1 saturated heterocycles. The maximum Gasteiger partial charge on any atom is 0.253 e. The van der Waals surface area contributed by atoms with Gasteiger partial charge in [-0.1, -0.05) is 13.0 Å². The Morgan fingerprint density at radius 1 is 1.25 bits per heavy atom. The lowest BCUT2D eigenvalue weighted by Crippen LogP contribution is -2.40. The first-order chi connectivity index (χ1) is 15.6. The number of thiocarbonyl (C=S) groups is 1. The number of aromatic amines is 1. The molecule has 1 fully saturated rings. The Labute approximate surface area is 193 Å². The van der Waals surface area contributed by atoms with Gasteiger partial charge in [-0.3, -0.25) is 4.79 Å². The summed E-state index contributed by atoms with van der Waals surface area (Å²) in [5.74, 6) is 0.784. The number of hydrogen-bond acceptors (Lipinski definition) is 4. The van der Waals surface area contributed by atoms with Crippen molar-refractivity contribution in [2.45, 2.75) is 38.8 Å². The molecule has 0 aliphatic carbocycles. The number of rotatable bonds is 7. The molecule has 0 spiro atoms. The summed E-state index contributed by atoms with van der Waals surface area (Å²) < 4.78 is 11.1. The molecule has 0 radical (unpaired) electrons. The predicted octanol–water partition coefficient (Wildman–Crippen LogP) is 4.48. The minimum Gasteiger partial charge on any atom is -0.497 e. The van der Waals surface area contributed by atoms with Crippen LogP contribution in [0.3, 0.4) is 0 Å². The van der Waals surface area contributed by atoms with E-state index in [1.165, 1.54) is 5.56 Å². The molecule has 2 heterocycles. The molecule has 168 valence electrons. The van der Waals surface area contributed by atoms with E-state index in [1.807, 2.05) is 41.3 Å². The summed E-state index contributed by atoms with van der Waals surface area (Å²) in [5.41, 5.74) is 3.55. The molecule has 6 nitrogen and oxygen atoms in total. The molecule has 4 rings (SSSR count). The van der Waals surface area contributed by atoms with Crippen molar-refractivity contribution in [2.24, 2.45) is 0 Å². The topological polar surface area (TPSA) is 66.6 Å². The van der Waals surface area contributed by atoms with Crippen LogP contribution in [0, 0.1) is 0 Å². The largest absolute Gasteiger partial charge is 0.497 e. The number of nitrogens with zero attached hydrogens (tertiary/aromatic N) is 1. The van der Waals surface area contributed by atoms with Gasteiger partial charge >= 0.3 is 0 Å². The van der Waals surface area contributed by atoms with Crippen molar-refractivity contribution >= 4 is 33.9 Å². The van der Waals surface area contributed by atoms with Crippen LogP contribution < -0.4 is 15.6 Å². The highest BCUT2D eigenvalue weighted by molar-refractivity contribution is 7.80. The Kier molecular flexibility index (Phi) is 7.07. The number of benzene rings is 2. The smallest absolute Gasteiger partial charge is 0.253 e. The highest BCUT2D eigenvalue weighted by atomic mass is 32.1. The third-order valence-corrected chi connectivity index (χ3v) is 6.19. The molecular weight excluding hydrogens is 422 g/mol. The lowest BCUT2D eigenvalue weighted by atomic mass is 10.1. The van der Waals surface area contributed by atoms with Crippen molar-refractivity contribution in [1.82, 2.24) is 9.88 Å². The molecule has 1 aromatic heterocycles. The minimum absolute atomic E-state index is 0.0914. The summed E-state index contributed by atoms with van der Waals surface area (Å²) in [7, 11) is 1.64. The van der Waals surface area contributed by atoms with E-state index in [4.69, 9.17) is 21.7 Å². The van der Waals surface area contributed by atoms with Gasteiger partial charge in [-0.15, -0.1) is 0 Å². The number of anilines is 1. The highest BCUT2D eigenvalue weighted by Crippen LogP contribution is 2.20. The van der Waals surface area contributed by atoms with E-state index >= 15 is 0 Å². The van der Waals surface area contributed by atoms with Crippen molar-refractivity contribution in [3.8, 4) is 5.75 Å². The molecule has 1 aliphatic heterocycles. The van der Waals surface area contributed by atoms with Gasteiger partial charge in [0, 0.05) is 29.9 Å². The standard InChI is InChI=1S/C25H29N3O3S/c1-3-17-6-11-23-18(13-17)14-19(24(29)27-23)15-28(16-22-5-4-12-31-22)25(32)26-20-7-9-21(30-2)10-8-20/h6-11,13-14,22H,3-5,12,15-16H2,1-2H3,(H,26,32)(H,27,29). The summed E-state index contributed by atoms with van der Waals surface area (Å²) >= 11 is 5.75. The first-order valence-electron chi connectivity index (χ1n) is 11.0. The van der Waals surface area contributed by atoms with Crippen LogP contribution in [0.25, 0.3) is 10.9 Å². The molecule has 0 bridgehead atoms. The van der Waals surface area contributed by atoms with Crippen LogP contribution in [0.4, 0.5) is 5.69 Å². The molecular formula is C25H29N3O3S. The number of methoxy groups -OCH3 is 1. The minimum atomic E-state index is -0.0914. The van der Waals surface area contributed by atoms with Crippen LogP contribution in [0.5, 0.6) is 5.75 Å². The zero-order valence-corrected chi connectivity index (χ0v) is 19.3. The molecule has 1 aliphatic rings. The average Bonchev–Trinajstić information content (AvgIpc) is 3.32. The van der Waals surface area contributed by atoms with Crippen LogP contribution >= 0.6 is 12.2 Å². The molecule has 1 atom stereocenters. The van der Waals surface area contributed by atoms with Gasteiger partial charge in [0.05, 0.1) is 19.8 Å². The molecule has 2 aromatic carbocycles. The molecule has 1 unspecified atom stereocenters. The summed E-state index contributed by atoms with van der Waals surface area (Å²) in [6, 6.07) is 15.7. The van der Waals surface area contributed by atoms with Gasteiger partial charge < -0.3 is 24.7 Å². The van der Waals surface area contributed by atoms with E-state index in [-0.39, 0.29) is 11.7 Å². The number of nitrogens with one attached hydrogen (secondary N) is 2. The number of aryl methyl sites for hydroxylation is 1. The monoisotopic (exact) mass is 451 g/mol. The van der Waals surface area contributed by atoms with Gasteiger partial charge in [0.1, 0.15) is 5.75 Å². The Bertz CT molecular complexity index is 1140. The molecule has 0 amide bonds. The van der Waals surface area contributed by atoms with E-state index in [2.05, 4.69) is 29.4 Å². The quantitative estimate of drug-likeness (QED) is 0.517. The third-order valence-electron chi connectivity index (χ3n) is 5.83. The summed E-state index contributed by atoms with van der Waals surface area (Å²) in [4.78, 5) is 17.9. The van der Waals surface area contributed by atoms with Gasteiger partial charge in [0.2, 0.25) is 0 Å². The van der Waals surface area contributed by atoms with Gasteiger partial charge in [0.15, 0.2) is 5.11 Å². The Hall–Kier alpha value is -2.90. The van der Waals surface area contributed by atoms with E-state index in [0.29, 0.717) is 23.8 Å². The summed E-state index contributed by atoms with van der Waals surface area (Å²) in [6.45, 7) is 3.94. The van der Waals surface area contributed by atoms with E-state index in [0.717, 1.165) is 48.2 Å². The SMILES string of the molecule is CCc1ccc2[nH]c(=O)c(CN(CC3CCCO3)C(=S)Nc3ccc(OC)cc3)cc2c1. The van der Waals surface area contributed by atoms with Crippen LogP contribution in [0.15, 0.2) is 53.3 Å². The van der Waals surface area contributed by atoms with Crippen molar-refractivity contribution in [3.05, 3.63) is 70.0 Å². The van der Waals surface area contributed by atoms with Gasteiger partial charge in [-0.25, -0.2) is 0 Å². The molecule has 2 N–H and O–H groups in total. The average molecular weight is 452 g/mol. The predicted molar refractivity (Wildman–Crippen MR) is 133 cm³/mol.